The number of hydrogen-bond acceptors (Lipinski definition) is 0. The second-order valence-electron chi connectivity index (χ2n) is 3.95. The maximum Gasteiger partial charge on any atom is -0.0276 e. The van der Waals surface area contributed by atoms with Gasteiger partial charge in [0, 0.05) is 0 Å². The molecule has 0 saturated heterocycles. The van der Waals surface area contributed by atoms with Crippen molar-refractivity contribution in [2.45, 2.75) is 32.1 Å². The third-order valence-corrected chi connectivity index (χ3v) is 2.93. The van der Waals surface area contributed by atoms with E-state index in [1.165, 1.54) is 37.7 Å². The van der Waals surface area contributed by atoms with Gasteiger partial charge in [-0.2, -0.15) is 0 Å². The van der Waals surface area contributed by atoms with Crippen LogP contribution in [-0.2, 0) is 6.42 Å². The van der Waals surface area contributed by atoms with Crippen molar-refractivity contribution in [1.82, 2.24) is 0 Å². The second-order valence-corrected chi connectivity index (χ2v) is 3.95. The Kier molecular flexibility index (Phi) is 3.02. The first kappa shape index (κ1) is 8.80. The molecule has 1 aliphatic carbocycles. The van der Waals surface area contributed by atoms with Crippen molar-refractivity contribution in [2.24, 2.45) is 5.92 Å². The quantitative estimate of drug-likeness (QED) is 0.655. The lowest BCUT2D eigenvalue weighted by molar-refractivity contribution is 0.569. The SMILES string of the molecule is [CH]1CCCC1CCc1ccccc1. The van der Waals surface area contributed by atoms with E-state index in [-0.39, 0.29) is 0 Å². The van der Waals surface area contributed by atoms with Gasteiger partial charge in [-0.05, 0) is 37.2 Å². The predicted octanol–water partition coefficient (Wildman–Crippen LogP) is 3.62. The summed E-state index contributed by atoms with van der Waals surface area (Å²) in [6.07, 6.45) is 9.29. The monoisotopic (exact) mass is 173 g/mol. The Balaban J connectivity index is 1.79. The highest BCUT2D eigenvalue weighted by molar-refractivity contribution is 5.14. The van der Waals surface area contributed by atoms with Gasteiger partial charge in [-0.15, -0.1) is 0 Å². The van der Waals surface area contributed by atoms with E-state index >= 15 is 0 Å². The highest BCUT2D eigenvalue weighted by Crippen LogP contribution is 2.27. The van der Waals surface area contributed by atoms with Crippen molar-refractivity contribution < 1.29 is 0 Å². The second kappa shape index (κ2) is 4.45. The minimum atomic E-state index is 0.903. The molecule has 13 heavy (non-hydrogen) atoms. The summed E-state index contributed by atoms with van der Waals surface area (Å²) in [5.74, 6) is 0.903. The van der Waals surface area contributed by atoms with Gasteiger partial charge in [0.1, 0.15) is 0 Å². The van der Waals surface area contributed by atoms with Crippen molar-refractivity contribution in [3.8, 4) is 0 Å². The fourth-order valence-corrected chi connectivity index (χ4v) is 2.11. The number of rotatable bonds is 3. The third kappa shape index (κ3) is 2.58. The van der Waals surface area contributed by atoms with E-state index in [2.05, 4.69) is 36.8 Å². The first-order valence-electron chi connectivity index (χ1n) is 5.32. The van der Waals surface area contributed by atoms with Gasteiger partial charge in [0.15, 0.2) is 0 Å². The molecule has 1 aliphatic rings. The van der Waals surface area contributed by atoms with Gasteiger partial charge in [0.25, 0.3) is 0 Å². The summed E-state index contributed by atoms with van der Waals surface area (Å²) < 4.78 is 0. The van der Waals surface area contributed by atoms with Gasteiger partial charge in [0.05, 0.1) is 0 Å². The van der Waals surface area contributed by atoms with Gasteiger partial charge in [-0.3, -0.25) is 0 Å². The van der Waals surface area contributed by atoms with Crippen molar-refractivity contribution >= 4 is 0 Å². The van der Waals surface area contributed by atoms with Crippen molar-refractivity contribution in [1.29, 1.82) is 0 Å². The van der Waals surface area contributed by atoms with Crippen molar-refractivity contribution in [3.05, 3.63) is 42.3 Å². The zero-order chi connectivity index (χ0) is 8.93. The van der Waals surface area contributed by atoms with Crippen LogP contribution in [0.1, 0.15) is 31.2 Å². The highest BCUT2D eigenvalue weighted by atomic mass is 14.2. The Labute approximate surface area is 81.0 Å². The number of hydrogen-bond donors (Lipinski definition) is 0. The molecule has 1 fully saturated rings. The molecule has 0 spiro atoms. The number of benzene rings is 1. The van der Waals surface area contributed by atoms with Crippen LogP contribution < -0.4 is 0 Å². The lowest BCUT2D eigenvalue weighted by atomic mass is 9.98. The Bertz CT molecular complexity index is 231. The average Bonchev–Trinajstić information content (AvgIpc) is 2.69. The van der Waals surface area contributed by atoms with E-state index in [9.17, 15) is 0 Å². The molecule has 1 unspecified atom stereocenters. The first-order valence-corrected chi connectivity index (χ1v) is 5.32. The van der Waals surface area contributed by atoms with Crippen LogP contribution in [0.15, 0.2) is 30.3 Å². The van der Waals surface area contributed by atoms with Crippen molar-refractivity contribution in [3.63, 3.8) is 0 Å². The van der Waals surface area contributed by atoms with Gasteiger partial charge >= 0.3 is 0 Å². The summed E-state index contributed by atoms with van der Waals surface area (Å²) in [4.78, 5) is 0. The summed E-state index contributed by atoms with van der Waals surface area (Å²) in [6.45, 7) is 0. The molecule has 1 aromatic carbocycles. The summed E-state index contributed by atoms with van der Waals surface area (Å²) in [5.41, 5.74) is 1.49. The summed E-state index contributed by atoms with van der Waals surface area (Å²) in [7, 11) is 0. The lowest BCUT2D eigenvalue weighted by Gasteiger charge is -2.07. The van der Waals surface area contributed by atoms with Gasteiger partial charge in [0.2, 0.25) is 0 Å². The molecule has 2 rings (SSSR count). The topological polar surface area (TPSA) is 0 Å². The van der Waals surface area contributed by atoms with Gasteiger partial charge in [-0.25, -0.2) is 0 Å². The molecular formula is C13H17. The van der Waals surface area contributed by atoms with Gasteiger partial charge in [-0.1, -0.05) is 43.2 Å². The van der Waals surface area contributed by atoms with Crippen LogP contribution in [0.2, 0.25) is 0 Å². The van der Waals surface area contributed by atoms with E-state index in [0.29, 0.717) is 0 Å². The highest BCUT2D eigenvalue weighted by Gasteiger charge is 2.14. The number of aryl methyl sites for hydroxylation is 1. The zero-order valence-corrected chi connectivity index (χ0v) is 8.08. The molecule has 1 atom stereocenters. The lowest BCUT2D eigenvalue weighted by Crippen LogP contribution is -1.96. The maximum atomic E-state index is 2.50. The molecule has 1 aromatic rings. The molecule has 0 N–H and O–H groups in total. The van der Waals surface area contributed by atoms with Crippen molar-refractivity contribution in [2.75, 3.05) is 0 Å². The molecule has 0 aromatic heterocycles. The van der Waals surface area contributed by atoms with E-state index < -0.39 is 0 Å². The standard InChI is InChI=1S/C13H17/c1-2-6-12(7-3-1)10-11-13-8-4-5-9-13/h1-3,6-8,13H,4-5,9-11H2. The van der Waals surface area contributed by atoms with E-state index in [1.807, 2.05) is 0 Å². The molecule has 0 heterocycles. The van der Waals surface area contributed by atoms with E-state index in [4.69, 9.17) is 0 Å². The predicted molar refractivity (Wildman–Crippen MR) is 56.4 cm³/mol. The van der Waals surface area contributed by atoms with Crippen LogP contribution in [0.3, 0.4) is 0 Å². The fraction of sp³-hybridized carbons (Fsp3) is 0.462. The van der Waals surface area contributed by atoms with Crippen LogP contribution in [-0.4, -0.2) is 0 Å². The summed E-state index contributed by atoms with van der Waals surface area (Å²) in [5, 5.41) is 0. The molecule has 1 radical (unpaired) electrons. The van der Waals surface area contributed by atoms with E-state index in [0.717, 1.165) is 5.92 Å². The smallest absolute Gasteiger partial charge is 0.0276 e. The molecule has 0 amide bonds. The molecule has 0 aliphatic heterocycles. The van der Waals surface area contributed by atoms with Crippen LogP contribution in [0.5, 0.6) is 0 Å². The van der Waals surface area contributed by atoms with Crippen LogP contribution in [0.25, 0.3) is 0 Å². The minimum absolute atomic E-state index is 0.903. The Hall–Kier alpha value is -0.780. The molecule has 1 saturated carbocycles. The molecular weight excluding hydrogens is 156 g/mol. The minimum Gasteiger partial charge on any atom is -0.0622 e. The van der Waals surface area contributed by atoms with Gasteiger partial charge < -0.3 is 0 Å². The Morgan fingerprint density at radius 1 is 1.15 bits per heavy atom. The summed E-state index contributed by atoms with van der Waals surface area (Å²) in [6, 6.07) is 10.8. The third-order valence-electron chi connectivity index (χ3n) is 2.93. The maximum absolute atomic E-state index is 2.50. The fourth-order valence-electron chi connectivity index (χ4n) is 2.11. The van der Waals surface area contributed by atoms with Crippen LogP contribution in [0.4, 0.5) is 0 Å². The average molecular weight is 173 g/mol. The zero-order valence-electron chi connectivity index (χ0n) is 8.08. The van der Waals surface area contributed by atoms with Crippen LogP contribution in [0, 0.1) is 12.3 Å². The first-order chi connectivity index (χ1) is 6.45. The normalized spacial score (nSPS) is 17.8. The van der Waals surface area contributed by atoms with E-state index in [1.54, 1.807) is 0 Å². The molecule has 0 heteroatoms. The van der Waals surface area contributed by atoms with Crippen LogP contribution >= 0.6 is 0 Å². The molecule has 0 bridgehead atoms. The molecule has 69 valence electrons. The Morgan fingerprint density at radius 2 is 2.00 bits per heavy atom. The summed E-state index contributed by atoms with van der Waals surface area (Å²) >= 11 is 0. The Morgan fingerprint density at radius 3 is 2.69 bits per heavy atom. The molecule has 0 nitrogen and oxygen atoms in total. The largest absolute Gasteiger partial charge is 0.0622 e.